The third kappa shape index (κ3) is 3.98. The second-order valence-corrected chi connectivity index (χ2v) is 3.70. The summed E-state index contributed by atoms with van der Waals surface area (Å²) in [6.45, 7) is 3.37. The maximum Gasteiger partial charge on any atom is 0.234 e. The quantitative estimate of drug-likeness (QED) is 0.819. The van der Waals surface area contributed by atoms with Crippen LogP contribution >= 0.6 is 0 Å². The molecule has 0 fully saturated rings. The van der Waals surface area contributed by atoms with Crippen LogP contribution in [0.15, 0.2) is 24.3 Å². The topological polar surface area (TPSA) is 32.3 Å². The lowest BCUT2D eigenvalue weighted by atomic mass is 10.2. The highest BCUT2D eigenvalue weighted by Gasteiger charge is 2.06. The van der Waals surface area contributed by atoms with E-state index in [9.17, 15) is 9.18 Å². The van der Waals surface area contributed by atoms with Crippen LogP contribution in [0, 0.1) is 5.82 Å². The van der Waals surface area contributed by atoms with Crippen LogP contribution in [0.3, 0.4) is 0 Å². The molecular weight excluding hydrogens is 207 g/mol. The van der Waals surface area contributed by atoms with E-state index in [1.807, 2.05) is 18.9 Å². The number of carbonyl (C=O) groups excluding carboxylic acids is 1. The van der Waals surface area contributed by atoms with Crippen molar-refractivity contribution in [3.8, 4) is 0 Å². The van der Waals surface area contributed by atoms with Gasteiger partial charge < -0.3 is 5.32 Å². The van der Waals surface area contributed by atoms with E-state index < -0.39 is 0 Å². The van der Waals surface area contributed by atoms with Crippen LogP contribution in [0.25, 0.3) is 0 Å². The first kappa shape index (κ1) is 12.6. The van der Waals surface area contributed by atoms with Crippen LogP contribution in [-0.2, 0) is 11.3 Å². The molecule has 0 atom stereocenters. The Kier molecular flexibility index (Phi) is 4.92. The molecule has 1 aromatic rings. The average molecular weight is 224 g/mol. The van der Waals surface area contributed by atoms with Crippen molar-refractivity contribution in [3.63, 3.8) is 0 Å². The monoisotopic (exact) mass is 224 g/mol. The van der Waals surface area contributed by atoms with E-state index in [0.29, 0.717) is 12.1 Å². The maximum absolute atomic E-state index is 13.2. The molecule has 16 heavy (non-hydrogen) atoms. The average Bonchev–Trinajstić information content (AvgIpc) is 2.28. The van der Waals surface area contributed by atoms with Gasteiger partial charge >= 0.3 is 0 Å². The van der Waals surface area contributed by atoms with Crippen LogP contribution < -0.4 is 5.32 Å². The van der Waals surface area contributed by atoms with Gasteiger partial charge in [-0.05, 0) is 19.7 Å². The van der Waals surface area contributed by atoms with E-state index in [2.05, 4.69) is 5.32 Å². The molecule has 1 rings (SSSR count). The standard InChI is InChI=1S/C12H17FN2O/c1-3-15(2)9-12(16)14-8-10-6-4-5-7-11(10)13/h4-7H,3,8-9H2,1-2H3,(H,14,16). The van der Waals surface area contributed by atoms with Gasteiger partial charge in [-0.15, -0.1) is 0 Å². The highest BCUT2D eigenvalue weighted by atomic mass is 19.1. The lowest BCUT2D eigenvalue weighted by molar-refractivity contribution is -0.122. The molecule has 0 spiro atoms. The van der Waals surface area contributed by atoms with Crippen molar-refractivity contribution in [2.45, 2.75) is 13.5 Å². The van der Waals surface area contributed by atoms with E-state index in [1.54, 1.807) is 18.2 Å². The Morgan fingerprint density at radius 2 is 2.12 bits per heavy atom. The highest BCUT2D eigenvalue weighted by molar-refractivity contribution is 5.77. The maximum atomic E-state index is 13.2. The Bertz CT molecular complexity index is 355. The predicted molar refractivity (Wildman–Crippen MR) is 61.4 cm³/mol. The van der Waals surface area contributed by atoms with Gasteiger partial charge in [-0.25, -0.2) is 4.39 Å². The molecule has 0 aromatic heterocycles. The summed E-state index contributed by atoms with van der Waals surface area (Å²) in [7, 11) is 1.86. The van der Waals surface area contributed by atoms with Crippen molar-refractivity contribution in [1.29, 1.82) is 0 Å². The molecule has 0 radical (unpaired) electrons. The molecule has 0 saturated carbocycles. The highest BCUT2D eigenvalue weighted by Crippen LogP contribution is 2.05. The van der Waals surface area contributed by atoms with Crippen LogP contribution in [0.5, 0.6) is 0 Å². The summed E-state index contributed by atoms with van der Waals surface area (Å²) in [6, 6.07) is 6.44. The van der Waals surface area contributed by atoms with Gasteiger partial charge in [-0.2, -0.15) is 0 Å². The lowest BCUT2D eigenvalue weighted by Crippen LogP contribution is -2.34. The van der Waals surface area contributed by atoms with E-state index in [4.69, 9.17) is 0 Å². The number of halogens is 1. The van der Waals surface area contributed by atoms with Crippen molar-refractivity contribution in [3.05, 3.63) is 35.6 Å². The minimum Gasteiger partial charge on any atom is -0.351 e. The number of likely N-dealkylation sites (N-methyl/N-ethyl adjacent to an activating group) is 1. The SMILES string of the molecule is CCN(C)CC(=O)NCc1ccccc1F. The summed E-state index contributed by atoms with van der Waals surface area (Å²) < 4.78 is 13.2. The molecule has 1 N–H and O–H groups in total. The number of carbonyl (C=O) groups is 1. The number of nitrogens with one attached hydrogen (secondary N) is 1. The second kappa shape index (κ2) is 6.23. The predicted octanol–water partition coefficient (Wildman–Crippen LogP) is 1.39. The fourth-order valence-electron chi connectivity index (χ4n) is 1.25. The van der Waals surface area contributed by atoms with Crippen molar-refractivity contribution >= 4 is 5.91 Å². The molecule has 88 valence electrons. The molecule has 0 heterocycles. The molecule has 1 amide bonds. The Labute approximate surface area is 95.3 Å². The fraction of sp³-hybridized carbons (Fsp3) is 0.417. The third-order valence-corrected chi connectivity index (χ3v) is 2.39. The van der Waals surface area contributed by atoms with E-state index in [1.165, 1.54) is 6.07 Å². The van der Waals surface area contributed by atoms with Crippen molar-refractivity contribution in [1.82, 2.24) is 10.2 Å². The Morgan fingerprint density at radius 1 is 1.44 bits per heavy atom. The van der Waals surface area contributed by atoms with Crippen LogP contribution in [0.2, 0.25) is 0 Å². The van der Waals surface area contributed by atoms with Crippen LogP contribution in [0.4, 0.5) is 4.39 Å². The van der Waals surface area contributed by atoms with Crippen LogP contribution in [-0.4, -0.2) is 30.9 Å². The van der Waals surface area contributed by atoms with E-state index in [0.717, 1.165) is 6.54 Å². The zero-order chi connectivity index (χ0) is 12.0. The zero-order valence-corrected chi connectivity index (χ0v) is 9.66. The molecule has 0 aliphatic carbocycles. The molecular formula is C12H17FN2O. The van der Waals surface area contributed by atoms with Gasteiger partial charge in [0.15, 0.2) is 0 Å². The first-order valence-electron chi connectivity index (χ1n) is 5.32. The molecule has 0 unspecified atom stereocenters. The first-order valence-corrected chi connectivity index (χ1v) is 5.32. The lowest BCUT2D eigenvalue weighted by Gasteiger charge is -2.13. The summed E-state index contributed by atoms with van der Waals surface area (Å²) in [5, 5.41) is 2.68. The largest absolute Gasteiger partial charge is 0.351 e. The van der Waals surface area contributed by atoms with E-state index >= 15 is 0 Å². The molecule has 0 aliphatic heterocycles. The van der Waals surface area contributed by atoms with Gasteiger partial charge in [0.05, 0.1) is 6.54 Å². The fourth-order valence-corrected chi connectivity index (χ4v) is 1.25. The Balaban J connectivity index is 2.40. The van der Waals surface area contributed by atoms with Crippen molar-refractivity contribution in [2.24, 2.45) is 0 Å². The number of hydrogen-bond acceptors (Lipinski definition) is 2. The number of nitrogens with zero attached hydrogens (tertiary/aromatic N) is 1. The van der Waals surface area contributed by atoms with Gasteiger partial charge in [0.1, 0.15) is 5.82 Å². The molecule has 0 bridgehead atoms. The summed E-state index contributed by atoms with van der Waals surface area (Å²) in [6.07, 6.45) is 0. The zero-order valence-electron chi connectivity index (χ0n) is 9.66. The number of amides is 1. The Morgan fingerprint density at radius 3 is 2.75 bits per heavy atom. The minimum atomic E-state index is -0.286. The van der Waals surface area contributed by atoms with Gasteiger partial charge in [-0.3, -0.25) is 9.69 Å². The van der Waals surface area contributed by atoms with Gasteiger partial charge in [0, 0.05) is 12.1 Å². The van der Waals surface area contributed by atoms with Gasteiger partial charge in [-0.1, -0.05) is 25.1 Å². The molecule has 0 aliphatic rings. The third-order valence-electron chi connectivity index (χ3n) is 2.39. The number of benzene rings is 1. The number of rotatable bonds is 5. The van der Waals surface area contributed by atoms with Crippen molar-refractivity contribution in [2.75, 3.05) is 20.1 Å². The molecule has 1 aromatic carbocycles. The van der Waals surface area contributed by atoms with Crippen LogP contribution in [0.1, 0.15) is 12.5 Å². The Hall–Kier alpha value is -1.42. The molecule has 4 heteroatoms. The second-order valence-electron chi connectivity index (χ2n) is 3.70. The number of hydrogen-bond donors (Lipinski definition) is 1. The summed E-state index contributed by atoms with van der Waals surface area (Å²) in [5.74, 6) is -0.376. The summed E-state index contributed by atoms with van der Waals surface area (Å²) >= 11 is 0. The van der Waals surface area contributed by atoms with Gasteiger partial charge in [0.25, 0.3) is 0 Å². The van der Waals surface area contributed by atoms with Gasteiger partial charge in [0.2, 0.25) is 5.91 Å². The van der Waals surface area contributed by atoms with Crippen molar-refractivity contribution < 1.29 is 9.18 Å². The molecule has 3 nitrogen and oxygen atoms in total. The molecule has 0 saturated heterocycles. The normalized spacial score (nSPS) is 10.5. The smallest absolute Gasteiger partial charge is 0.234 e. The summed E-state index contributed by atoms with van der Waals surface area (Å²) in [5.41, 5.74) is 0.509. The first-order chi connectivity index (χ1) is 7.63. The summed E-state index contributed by atoms with van der Waals surface area (Å²) in [4.78, 5) is 13.3. The van der Waals surface area contributed by atoms with E-state index in [-0.39, 0.29) is 18.3 Å². The minimum absolute atomic E-state index is 0.0902.